The average Bonchev–Trinajstić information content (AvgIpc) is 2.79. The van der Waals surface area contributed by atoms with Crippen molar-refractivity contribution < 1.29 is 14.6 Å². The fourth-order valence-corrected chi connectivity index (χ4v) is 3.35. The molecule has 0 aliphatic carbocycles. The van der Waals surface area contributed by atoms with Crippen LogP contribution < -0.4 is 0 Å². The summed E-state index contributed by atoms with van der Waals surface area (Å²) in [5.74, 6) is -0.0449. The first-order valence-corrected chi connectivity index (χ1v) is 5.87. The number of rotatable bonds is 4. The van der Waals surface area contributed by atoms with E-state index in [1.54, 1.807) is 0 Å². The van der Waals surface area contributed by atoms with Gasteiger partial charge in [0.05, 0.1) is 12.5 Å². The molecule has 3 nitrogen and oxygen atoms in total. The van der Waals surface area contributed by atoms with E-state index >= 15 is 0 Å². The largest absolute Gasteiger partial charge is 0.465 e. The third-order valence-corrected chi connectivity index (χ3v) is 4.08. The quantitative estimate of drug-likeness (QED) is 0.430. The van der Waals surface area contributed by atoms with Crippen molar-refractivity contribution in [1.82, 2.24) is 0 Å². The second-order valence-electron chi connectivity index (χ2n) is 3.61. The number of carbonyl (C=O) groups is 1. The van der Waals surface area contributed by atoms with Crippen LogP contribution in [0.5, 0.6) is 0 Å². The van der Waals surface area contributed by atoms with Gasteiger partial charge in [-0.15, -0.1) is 11.8 Å². The highest BCUT2D eigenvalue weighted by Gasteiger charge is 2.41. The third kappa shape index (κ3) is 1.96. The molecule has 2 aliphatic heterocycles. The molecule has 2 bridgehead atoms. The Morgan fingerprint density at radius 2 is 2.43 bits per heavy atom. The maximum absolute atomic E-state index is 11.6. The Hall–Kier alpha value is -0.480. The summed E-state index contributed by atoms with van der Waals surface area (Å²) in [7, 11) is 0. The lowest BCUT2D eigenvalue weighted by atomic mass is 9.95. The Balaban J connectivity index is 1.79. The Bertz CT molecular complexity index is 252. The van der Waals surface area contributed by atoms with Crippen LogP contribution in [-0.2, 0) is 9.53 Å². The van der Waals surface area contributed by atoms with Crippen LogP contribution in [0.2, 0.25) is 0 Å². The third-order valence-electron chi connectivity index (χ3n) is 2.58. The predicted octanol–water partition coefficient (Wildman–Crippen LogP) is 0.972. The van der Waals surface area contributed by atoms with Gasteiger partial charge in [-0.1, -0.05) is 12.2 Å². The average molecular weight is 214 g/mol. The van der Waals surface area contributed by atoms with Crippen molar-refractivity contribution in [1.29, 1.82) is 0 Å². The number of carbonyl (C=O) groups excluding carboxylic acids is 1. The summed E-state index contributed by atoms with van der Waals surface area (Å²) >= 11 is 1.85. The van der Waals surface area contributed by atoms with E-state index in [4.69, 9.17) is 9.84 Å². The van der Waals surface area contributed by atoms with Crippen LogP contribution in [0.15, 0.2) is 12.2 Å². The zero-order valence-electron chi connectivity index (χ0n) is 7.89. The van der Waals surface area contributed by atoms with E-state index in [2.05, 4.69) is 12.2 Å². The molecule has 0 saturated carbocycles. The lowest BCUT2D eigenvalue weighted by molar-refractivity contribution is -0.148. The van der Waals surface area contributed by atoms with Crippen LogP contribution >= 0.6 is 11.8 Å². The number of esters is 1. The van der Waals surface area contributed by atoms with E-state index in [0.717, 1.165) is 6.42 Å². The van der Waals surface area contributed by atoms with Gasteiger partial charge in [-0.2, -0.15) is 0 Å². The molecule has 0 aromatic rings. The molecular weight excluding hydrogens is 200 g/mol. The second-order valence-corrected chi connectivity index (χ2v) is 5.03. The van der Waals surface area contributed by atoms with Gasteiger partial charge in [0.1, 0.15) is 0 Å². The van der Waals surface area contributed by atoms with E-state index < -0.39 is 0 Å². The minimum absolute atomic E-state index is 0.0497. The smallest absolute Gasteiger partial charge is 0.310 e. The molecule has 0 amide bonds. The van der Waals surface area contributed by atoms with Crippen LogP contribution in [0.25, 0.3) is 0 Å². The molecule has 2 aliphatic rings. The predicted molar refractivity (Wildman–Crippen MR) is 55.1 cm³/mol. The molecule has 0 aromatic heterocycles. The number of thioether (sulfide) groups is 1. The molecule has 1 saturated heterocycles. The zero-order chi connectivity index (χ0) is 9.97. The summed E-state index contributed by atoms with van der Waals surface area (Å²) in [6, 6.07) is 0. The lowest BCUT2D eigenvalue weighted by Gasteiger charge is -2.15. The minimum Gasteiger partial charge on any atom is -0.465 e. The SMILES string of the molecule is O=C(OCCCO)C1CC2C=CC1S2. The molecule has 3 atom stereocenters. The molecule has 3 unspecified atom stereocenters. The lowest BCUT2D eigenvalue weighted by Crippen LogP contribution is -2.24. The Labute approximate surface area is 87.5 Å². The summed E-state index contributed by atoms with van der Waals surface area (Å²) in [6.07, 6.45) is 5.74. The monoisotopic (exact) mass is 214 g/mol. The normalized spacial score (nSPS) is 33.6. The van der Waals surface area contributed by atoms with Gasteiger partial charge < -0.3 is 9.84 Å². The number of hydrogen-bond acceptors (Lipinski definition) is 4. The van der Waals surface area contributed by atoms with Crippen molar-refractivity contribution in [3.8, 4) is 0 Å². The summed E-state index contributed by atoms with van der Waals surface area (Å²) in [5.41, 5.74) is 0. The van der Waals surface area contributed by atoms with Crippen LogP contribution in [0, 0.1) is 5.92 Å². The van der Waals surface area contributed by atoms with Gasteiger partial charge in [0.2, 0.25) is 0 Å². The molecule has 0 radical (unpaired) electrons. The second kappa shape index (κ2) is 4.36. The van der Waals surface area contributed by atoms with Crippen molar-refractivity contribution in [2.45, 2.75) is 23.3 Å². The highest BCUT2D eigenvalue weighted by molar-refractivity contribution is 8.01. The summed E-state index contributed by atoms with van der Waals surface area (Å²) in [5, 5.41) is 9.40. The van der Waals surface area contributed by atoms with Gasteiger partial charge in [-0.25, -0.2) is 0 Å². The molecule has 0 spiro atoms. The van der Waals surface area contributed by atoms with Crippen molar-refractivity contribution in [3.05, 3.63) is 12.2 Å². The van der Waals surface area contributed by atoms with Crippen molar-refractivity contribution >= 4 is 17.7 Å². The Kier molecular flexibility index (Phi) is 3.13. The first kappa shape index (κ1) is 10.1. The first-order chi connectivity index (χ1) is 6.81. The number of aliphatic hydroxyl groups excluding tert-OH is 1. The molecule has 1 N–H and O–H groups in total. The van der Waals surface area contributed by atoms with Gasteiger partial charge in [-0.3, -0.25) is 4.79 Å². The number of ether oxygens (including phenoxy) is 1. The van der Waals surface area contributed by atoms with Gasteiger partial charge in [0.25, 0.3) is 0 Å². The van der Waals surface area contributed by atoms with E-state index in [1.807, 2.05) is 11.8 Å². The molecule has 2 heterocycles. The molecule has 78 valence electrons. The van der Waals surface area contributed by atoms with Crippen molar-refractivity contribution in [2.24, 2.45) is 5.92 Å². The van der Waals surface area contributed by atoms with Crippen LogP contribution in [0.4, 0.5) is 0 Å². The van der Waals surface area contributed by atoms with E-state index in [9.17, 15) is 4.79 Å². The highest BCUT2D eigenvalue weighted by Crippen LogP contribution is 2.45. The molecule has 14 heavy (non-hydrogen) atoms. The van der Waals surface area contributed by atoms with Gasteiger partial charge in [0, 0.05) is 23.5 Å². The fraction of sp³-hybridized carbons (Fsp3) is 0.700. The summed E-state index contributed by atoms with van der Waals surface area (Å²) in [6.45, 7) is 0.427. The zero-order valence-corrected chi connectivity index (χ0v) is 8.70. The minimum atomic E-state index is -0.0946. The number of aliphatic hydroxyl groups is 1. The Morgan fingerprint density at radius 3 is 3.00 bits per heavy atom. The van der Waals surface area contributed by atoms with E-state index in [0.29, 0.717) is 23.5 Å². The molecule has 4 heteroatoms. The van der Waals surface area contributed by atoms with Crippen molar-refractivity contribution in [2.75, 3.05) is 13.2 Å². The highest BCUT2D eigenvalue weighted by atomic mass is 32.2. The van der Waals surface area contributed by atoms with E-state index in [1.165, 1.54) is 0 Å². The summed E-state index contributed by atoms with van der Waals surface area (Å²) < 4.78 is 5.07. The maximum Gasteiger partial charge on any atom is 0.310 e. The van der Waals surface area contributed by atoms with Gasteiger partial charge in [-0.05, 0) is 6.42 Å². The van der Waals surface area contributed by atoms with Gasteiger partial charge >= 0.3 is 5.97 Å². The van der Waals surface area contributed by atoms with Crippen LogP contribution in [-0.4, -0.2) is 34.8 Å². The first-order valence-electron chi connectivity index (χ1n) is 4.92. The number of hydrogen-bond donors (Lipinski definition) is 1. The Morgan fingerprint density at radius 1 is 1.57 bits per heavy atom. The molecule has 0 aromatic carbocycles. The standard InChI is InChI=1S/C10H14O3S/c11-4-1-5-13-10(12)8-6-7-2-3-9(8)14-7/h2-3,7-9,11H,1,4-6H2. The molecule has 1 fully saturated rings. The van der Waals surface area contributed by atoms with Gasteiger partial charge in [0.15, 0.2) is 0 Å². The summed E-state index contributed by atoms with van der Waals surface area (Å²) in [4.78, 5) is 11.6. The van der Waals surface area contributed by atoms with Crippen LogP contribution in [0.3, 0.4) is 0 Å². The topological polar surface area (TPSA) is 46.5 Å². The number of fused-ring (bicyclic) bond motifs is 2. The maximum atomic E-state index is 11.6. The van der Waals surface area contributed by atoms with E-state index in [-0.39, 0.29) is 18.5 Å². The molecular formula is C10H14O3S. The van der Waals surface area contributed by atoms with Crippen molar-refractivity contribution in [3.63, 3.8) is 0 Å². The van der Waals surface area contributed by atoms with Crippen LogP contribution in [0.1, 0.15) is 12.8 Å². The fourth-order valence-electron chi connectivity index (χ4n) is 1.85. The molecule has 2 rings (SSSR count).